The first-order valence-electron chi connectivity index (χ1n) is 5.25. The van der Waals surface area contributed by atoms with E-state index in [1.54, 1.807) is 5.38 Å². The summed E-state index contributed by atoms with van der Waals surface area (Å²) in [5.41, 5.74) is 5.88. The molecule has 5 nitrogen and oxygen atoms in total. The van der Waals surface area contributed by atoms with Crippen LogP contribution in [0.25, 0.3) is 0 Å². The third kappa shape index (κ3) is 2.51. The molecule has 1 aromatic heterocycles. The molecule has 1 fully saturated rings. The number of nitrogens with two attached hydrogens (primary N) is 1. The van der Waals surface area contributed by atoms with Crippen molar-refractivity contribution in [3.05, 3.63) is 11.1 Å². The third-order valence-corrected chi connectivity index (χ3v) is 3.72. The van der Waals surface area contributed by atoms with E-state index in [9.17, 15) is 4.79 Å². The first-order chi connectivity index (χ1) is 7.58. The second-order valence-corrected chi connectivity index (χ2v) is 5.11. The zero-order valence-electron chi connectivity index (χ0n) is 9.01. The molecule has 88 valence electrons. The Hall–Kier alpha value is -1.14. The maximum absolute atomic E-state index is 10.6. The molecule has 16 heavy (non-hydrogen) atoms. The van der Waals surface area contributed by atoms with Gasteiger partial charge in [-0.2, -0.15) is 0 Å². The summed E-state index contributed by atoms with van der Waals surface area (Å²) >= 11 is 1.40. The minimum Gasteiger partial charge on any atom is -0.480 e. The molecule has 0 radical (unpaired) electrons. The van der Waals surface area contributed by atoms with Crippen molar-refractivity contribution in [3.8, 4) is 0 Å². The smallest absolute Gasteiger partial charge is 0.326 e. The molecule has 1 aliphatic carbocycles. The highest BCUT2D eigenvalue weighted by Gasteiger charge is 2.32. The number of carboxylic acids is 1. The lowest BCUT2D eigenvalue weighted by molar-refractivity contribution is -0.138. The number of hydrogen-bond donors (Lipinski definition) is 3. The van der Waals surface area contributed by atoms with Gasteiger partial charge in [-0.3, -0.25) is 4.79 Å². The van der Waals surface area contributed by atoms with Crippen molar-refractivity contribution in [1.29, 1.82) is 0 Å². The Labute approximate surface area is 97.7 Å². The van der Waals surface area contributed by atoms with Crippen LogP contribution in [0.5, 0.6) is 0 Å². The second-order valence-electron chi connectivity index (χ2n) is 4.25. The Morgan fingerprint density at radius 2 is 2.56 bits per heavy atom. The molecule has 1 heterocycles. The number of nitrogens with one attached hydrogen (secondary N) is 1. The van der Waals surface area contributed by atoms with Gasteiger partial charge in [-0.25, -0.2) is 4.98 Å². The lowest BCUT2D eigenvalue weighted by Crippen LogP contribution is -2.21. The highest BCUT2D eigenvalue weighted by Crippen LogP contribution is 2.37. The van der Waals surface area contributed by atoms with Crippen LogP contribution in [-0.4, -0.2) is 22.6 Å². The highest BCUT2D eigenvalue weighted by atomic mass is 32.1. The second kappa shape index (κ2) is 4.39. The molecular formula is C10H15N3O2S. The van der Waals surface area contributed by atoms with Gasteiger partial charge in [-0.1, -0.05) is 6.92 Å². The quantitative estimate of drug-likeness (QED) is 0.723. The lowest BCUT2D eigenvalue weighted by atomic mass is 10.2. The number of rotatable bonds is 5. The fourth-order valence-corrected chi connectivity index (χ4v) is 2.30. The van der Waals surface area contributed by atoms with E-state index in [1.807, 2.05) is 0 Å². The van der Waals surface area contributed by atoms with Gasteiger partial charge in [0.15, 0.2) is 5.13 Å². The molecule has 1 aliphatic rings. The minimum absolute atomic E-state index is 0.420. The lowest BCUT2D eigenvalue weighted by Gasteiger charge is -2.02. The third-order valence-electron chi connectivity index (χ3n) is 2.90. The van der Waals surface area contributed by atoms with E-state index < -0.39 is 12.0 Å². The van der Waals surface area contributed by atoms with Gasteiger partial charge in [0.05, 0.1) is 5.69 Å². The number of thiazole rings is 1. The summed E-state index contributed by atoms with van der Waals surface area (Å²) in [5, 5.41) is 14.4. The number of nitrogens with zero attached hydrogens (tertiary/aromatic N) is 1. The molecule has 4 N–H and O–H groups in total. The molecule has 0 bridgehead atoms. The average Bonchev–Trinajstić information content (AvgIpc) is 2.78. The summed E-state index contributed by atoms with van der Waals surface area (Å²) in [6.07, 6.45) is 1.26. The normalized spacial score (nSPS) is 25.1. The van der Waals surface area contributed by atoms with Crippen LogP contribution in [0.3, 0.4) is 0 Å². The van der Waals surface area contributed by atoms with Crippen LogP contribution >= 0.6 is 11.3 Å². The van der Waals surface area contributed by atoms with Gasteiger partial charge in [0, 0.05) is 11.9 Å². The van der Waals surface area contributed by atoms with Gasteiger partial charge in [-0.05, 0) is 18.3 Å². The van der Waals surface area contributed by atoms with Crippen LogP contribution in [-0.2, 0) is 4.79 Å². The van der Waals surface area contributed by atoms with Crippen LogP contribution < -0.4 is 11.1 Å². The zero-order chi connectivity index (χ0) is 11.7. The Morgan fingerprint density at radius 3 is 3.12 bits per heavy atom. The summed E-state index contributed by atoms with van der Waals surface area (Å²) in [5.74, 6) is 0.487. The maximum Gasteiger partial charge on any atom is 0.326 e. The monoisotopic (exact) mass is 241 g/mol. The summed E-state index contributed by atoms with van der Waals surface area (Å²) in [7, 11) is 0. The van der Waals surface area contributed by atoms with E-state index in [-0.39, 0.29) is 0 Å². The molecule has 3 unspecified atom stereocenters. The van der Waals surface area contributed by atoms with Gasteiger partial charge < -0.3 is 16.2 Å². The largest absolute Gasteiger partial charge is 0.480 e. The van der Waals surface area contributed by atoms with E-state index in [2.05, 4.69) is 17.2 Å². The van der Waals surface area contributed by atoms with Crippen LogP contribution in [0.2, 0.25) is 0 Å². The van der Waals surface area contributed by atoms with Crippen LogP contribution in [0, 0.1) is 11.8 Å². The van der Waals surface area contributed by atoms with Crippen molar-refractivity contribution in [3.63, 3.8) is 0 Å². The predicted octanol–water partition coefficient (Wildman–Crippen LogP) is 1.30. The first kappa shape index (κ1) is 11.3. The molecule has 2 rings (SSSR count). The van der Waals surface area contributed by atoms with E-state index in [4.69, 9.17) is 10.8 Å². The molecular weight excluding hydrogens is 226 g/mol. The van der Waals surface area contributed by atoms with E-state index in [1.165, 1.54) is 17.8 Å². The summed E-state index contributed by atoms with van der Waals surface area (Å²) in [6, 6.07) is -1.02. The topological polar surface area (TPSA) is 88.2 Å². The van der Waals surface area contributed by atoms with Crippen LogP contribution in [0.4, 0.5) is 5.13 Å². The summed E-state index contributed by atoms with van der Waals surface area (Å²) in [6.45, 7) is 3.14. The molecule has 1 saturated carbocycles. The number of aliphatic carboxylic acids is 1. The van der Waals surface area contributed by atoms with Gasteiger partial charge in [-0.15, -0.1) is 11.3 Å². The van der Waals surface area contributed by atoms with E-state index in [0.717, 1.165) is 23.5 Å². The molecule has 0 amide bonds. The van der Waals surface area contributed by atoms with E-state index in [0.29, 0.717) is 5.69 Å². The molecule has 6 heteroatoms. The number of anilines is 1. The zero-order valence-corrected chi connectivity index (χ0v) is 9.83. The Balaban J connectivity index is 1.89. The first-order valence-corrected chi connectivity index (χ1v) is 6.13. The predicted molar refractivity (Wildman–Crippen MR) is 62.4 cm³/mol. The summed E-state index contributed by atoms with van der Waals surface area (Å²) in [4.78, 5) is 14.8. The Morgan fingerprint density at radius 1 is 1.88 bits per heavy atom. The number of aromatic nitrogens is 1. The number of carbonyl (C=O) groups is 1. The van der Waals surface area contributed by atoms with Crippen molar-refractivity contribution >= 4 is 22.4 Å². The van der Waals surface area contributed by atoms with Crippen LogP contribution in [0.1, 0.15) is 25.1 Å². The number of hydrogen-bond acceptors (Lipinski definition) is 5. The summed E-state index contributed by atoms with van der Waals surface area (Å²) < 4.78 is 0. The molecule has 0 aromatic carbocycles. The SMILES string of the molecule is CC1CC1CNc1nc(C(N)C(=O)O)cs1. The van der Waals surface area contributed by atoms with E-state index >= 15 is 0 Å². The molecule has 0 saturated heterocycles. The maximum atomic E-state index is 10.6. The van der Waals surface area contributed by atoms with Gasteiger partial charge in [0.2, 0.25) is 0 Å². The number of carboxylic acid groups (broad SMARTS) is 1. The fourth-order valence-electron chi connectivity index (χ4n) is 1.54. The van der Waals surface area contributed by atoms with Crippen molar-refractivity contribution < 1.29 is 9.90 Å². The van der Waals surface area contributed by atoms with Crippen molar-refractivity contribution in [2.75, 3.05) is 11.9 Å². The van der Waals surface area contributed by atoms with Gasteiger partial charge >= 0.3 is 5.97 Å². The fraction of sp³-hybridized carbons (Fsp3) is 0.600. The Bertz CT molecular complexity index is 393. The minimum atomic E-state index is -1.05. The molecule has 3 atom stereocenters. The van der Waals surface area contributed by atoms with Crippen molar-refractivity contribution in [1.82, 2.24) is 4.98 Å². The van der Waals surface area contributed by atoms with Crippen molar-refractivity contribution in [2.45, 2.75) is 19.4 Å². The molecule has 0 aliphatic heterocycles. The average molecular weight is 241 g/mol. The van der Waals surface area contributed by atoms with Gasteiger partial charge in [0.25, 0.3) is 0 Å². The Kier molecular flexibility index (Phi) is 3.11. The standard InChI is InChI=1S/C10H15N3O2S/c1-5-2-6(5)3-12-10-13-7(4-16-10)8(11)9(14)15/h4-6,8H,2-3,11H2,1H3,(H,12,13)(H,14,15). The molecule has 1 aromatic rings. The van der Waals surface area contributed by atoms with Crippen molar-refractivity contribution in [2.24, 2.45) is 17.6 Å². The van der Waals surface area contributed by atoms with Crippen LogP contribution in [0.15, 0.2) is 5.38 Å². The molecule has 0 spiro atoms. The van der Waals surface area contributed by atoms with Gasteiger partial charge in [0.1, 0.15) is 6.04 Å². The highest BCUT2D eigenvalue weighted by molar-refractivity contribution is 7.13.